The first-order valence-electron chi connectivity index (χ1n) is 10.3. The number of rotatable bonds is 9. The fourth-order valence-corrected chi connectivity index (χ4v) is 5.27. The minimum Gasteiger partial charge on any atom is -0.505 e. The van der Waals surface area contributed by atoms with Crippen molar-refractivity contribution in [3.63, 3.8) is 0 Å². The minimum atomic E-state index is -3.88. The van der Waals surface area contributed by atoms with Gasteiger partial charge in [-0.2, -0.15) is 4.31 Å². The van der Waals surface area contributed by atoms with Crippen LogP contribution in [-0.2, 0) is 21.2 Å². The first-order valence-corrected chi connectivity index (χ1v) is 12.5. The van der Waals surface area contributed by atoms with Gasteiger partial charge in [0.1, 0.15) is 0 Å². The van der Waals surface area contributed by atoms with E-state index >= 15 is 0 Å². The zero-order valence-electron chi connectivity index (χ0n) is 18.7. The quantitative estimate of drug-likeness (QED) is 0.466. The van der Waals surface area contributed by atoms with Gasteiger partial charge in [-0.25, -0.2) is 13.2 Å². The Balaban J connectivity index is 2.69. The Hall–Kier alpha value is -2.33. The first-order chi connectivity index (χ1) is 15.5. The second-order valence-corrected chi connectivity index (χ2v) is 9.66. The molecule has 0 spiro atoms. The van der Waals surface area contributed by atoms with Crippen molar-refractivity contribution in [3.05, 3.63) is 51.0 Å². The maximum Gasteiger partial charge on any atom is 0.340 e. The number of benzene rings is 2. The Morgan fingerprint density at radius 2 is 1.61 bits per heavy atom. The number of phenols is 1. The van der Waals surface area contributed by atoms with E-state index in [1.165, 1.54) is 28.6 Å². The van der Waals surface area contributed by atoms with Gasteiger partial charge in [-0.15, -0.1) is 0 Å². The molecule has 0 bridgehead atoms. The van der Waals surface area contributed by atoms with Gasteiger partial charge in [-0.3, -0.25) is 4.79 Å². The number of aromatic hydroxyl groups is 1. The number of anilines is 1. The number of halogens is 2. The van der Waals surface area contributed by atoms with Crippen LogP contribution in [0.15, 0.2) is 29.2 Å². The number of ether oxygens (including phenoxy) is 1. The van der Waals surface area contributed by atoms with Crippen LogP contribution < -0.4 is 5.32 Å². The fourth-order valence-electron chi connectivity index (χ4n) is 3.25. The number of nitrogens with one attached hydrogen (secondary N) is 1. The van der Waals surface area contributed by atoms with Gasteiger partial charge in [-0.05, 0) is 43.2 Å². The average molecular weight is 517 g/mol. The number of carbonyl (C=O) groups is 2. The minimum absolute atomic E-state index is 0.00709. The monoisotopic (exact) mass is 516 g/mol. The molecular weight excluding hydrogens is 491 g/mol. The molecule has 0 aliphatic heterocycles. The van der Waals surface area contributed by atoms with Crippen LogP contribution in [0.25, 0.3) is 0 Å². The summed E-state index contributed by atoms with van der Waals surface area (Å²) >= 11 is 11.8. The van der Waals surface area contributed by atoms with Crippen LogP contribution in [0.3, 0.4) is 0 Å². The lowest BCUT2D eigenvalue weighted by Crippen LogP contribution is -2.31. The summed E-state index contributed by atoms with van der Waals surface area (Å²) in [6.07, 6.45) is 0.315. The summed E-state index contributed by atoms with van der Waals surface area (Å²) in [5, 5.41) is 12.1. The Morgan fingerprint density at radius 3 is 2.09 bits per heavy atom. The number of amides is 1. The third kappa shape index (κ3) is 5.78. The van der Waals surface area contributed by atoms with Gasteiger partial charge in [0, 0.05) is 18.7 Å². The van der Waals surface area contributed by atoms with Crippen molar-refractivity contribution in [2.75, 3.05) is 25.0 Å². The van der Waals surface area contributed by atoms with Crippen LogP contribution in [0, 0.1) is 0 Å². The van der Waals surface area contributed by atoms with Gasteiger partial charge < -0.3 is 15.2 Å². The highest BCUT2D eigenvalue weighted by atomic mass is 35.5. The van der Waals surface area contributed by atoms with Crippen molar-refractivity contribution in [1.29, 1.82) is 0 Å². The van der Waals surface area contributed by atoms with Crippen LogP contribution >= 0.6 is 23.2 Å². The smallest absolute Gasteiger partial charge is 0.340 e. The molecule has 0 aliphatic carbocycles. The molecular formula is C22H26Cl2N2O6S. The van der Waals surface area contributed by atoms with E-state index < -0.39 is 21.9 Å². The largest absolute Gasteiger partial charge is 0.505 e. The number of carbonyl (C=O) groups excluding carboxylic acids is 2. The lowest BCUT2D eigenvalue weighted by molar-refractivity contribution is 0.0526. The lowest BCUT2D eigenvalue weighted by Gasteiger charge is -2.21. The average Bonchev–Trinajstić information content (AvgIpc) is 2.77. The van der Waals surface area contributed by atoms with Gasteiger partial charge in [0.05, 0.1) is 32.8 Å². The van der Waals surface area contributed by atoms with Gasteiger partial charge in [0.25, 0.3) is 5.91 Å². The van der Waals surface area contributed by atoms with Crippen molar-refractivity contribution in [1.82, 2.24) is 4.31 Å². The van der Waals surface area contributed by atoms with Gasteiger partial charge in [-0.1, -0.05) is 44.0 Å². The number of phenolic OH excluding ortho intramolecular Hbond substituents is 1. The fraction of sp³-hybridized carbons (Fsp3) is 0.364. The Kier molecular flexibility index (Phi) is 9.13. The maximum absolute atomic E-state index is 13.1. The molecule has 0 aliphatic rings. The lowest BCUT2D eigenvalue weighted by atomic mass is 10.0. The number of hydrogen-bond donors (Lipinski definition) is 2. The van der Waals surface area contributed by atoms with Crippen LogP contribution in [0.2, 0.25) is 10.0 Å². The number of aryl methyl sites for hydroxylation is 1. The zero-order chi connectivity index (χ0) is 24.9. The highest BCUT2D eigenvalue weighted by Gasteiger charge is 2.27. The van der Waals surface area contributed by atoms with Gasteiger partial charge in [0.2, 0.25) is 10.0 Å². The van der Waals surface area contributed by atoms with E-state index in [1.54, 1.807) is 27.7 Å². The van der Waals surface area contributed by atoms with Crippen LogP contribution in [0.4, 0.5) is 5.69 Å². The van der Waals surface area contributed by atoms with E-state index in [-0.39, 0.29) is 57.2 Å². The number of nitrogens with zero attached hydrogens (tertiary/aromatic N) is 1. The molecule has 1 amide bonds. The molecule has 0 atom stereocenters. The molecule has 0 radical (unpaired) electrons. The summed E-state index contributed by atoms with van der Waals surface area (Å²) in [6, 6.07) is 5.07. The third-order valence-corrected chi connectivity index (χ3v) is 7.53. The van der Waals surface area contributed by atoms with E-state index in [1.807, 2.05) is 0 Å². The SMILES string of the molecule is CCOC(=O)c1c(CC)cc(S(=O)(=O)N(CC)CC)cc1NC(=O)c1cc(Cl)c(O)c(Cl)c1. The first kappa shape index (κ1) is 26.9. The van der Waals surface area contributed by atoms with Crippen molar-refractivity contribution >= 4 is 50.8 Å². The van der Waals surface area contributed by atoms with Crippen LogP contribution in [0.1, 0.15) is 54.0 Å². The summed E-state index contributed by atoms with van der Waals surface area (Å²) in [5.74, 6) is -1.77. The number of hydrogen-bond acceptors (Lipinski definition) is 6. The second-order valence-electron chi connectivity index (χ2n) is 6.91. The summed E-state index contributed by atoms with van der Waals surface area (Å²) in [7, 11) is -3.88. The van der Waals surface area contributed by atoms with Crippen molar-refractivity contribution in [2.45, 2.75) is 39.0 Å². The van der Waals surface area contributed by atoms with Gasteiger partial charge >= 0.3 is 5.97 Å². The molecule has 2 aromatic carbocycles. The molecule has 0 fully saturated rings. The predicted octanol–water partition coefficient (Wildman–Crippen LogP) is 4.72. The van der Waals surface area contributed by atoms with E-state index in [0.29, 0.717) is 12.0 Å². The van der Waals surface area contributed by atoms with Crippen LogP contribution in [0.5, 0.6) is 5.75 Å². The number of esters is 1. The highest BCUT2D eigenvalue weighted by molar-refractivity contribution is 7.89. The summed E-state index contributed by atoms with van der Waals surface area (Å²) in [5.41, 5.74) is 0.442. The molecule has 0 aromatic heterocycles. The van der Waals surface area contributed by atoms with Crippen molar-refractivity contribution in [2.24, 2.45) is 0 Å². The normalized spacial score (nSPS) is 11.5. The zero-order valence-corrected chi connectivity index (χ0v) is 21.1. The van der Waals surface area contributed by atoms with Gasteiger partial charge in [0.15, 0.2) is 5.75 Å². The molecule has 180 valence electrons. The van der Waals surface area contributed by atoms with Crippen LogP contribution in [-0.4, -0.2) is 49.4 Å². The topological polar surface area (TPSA) is 113 Å². The molecule has 33 heavy (non-hydrogen) atoms. The standard InChI is InChI=1S/C22H26Cl2N2O6S/c1-5-13-9-15(33(30,31)26(6-2)7-3)12-18(19(13)22(29)32-8-4)25-21(28)14-10-16(23)20(27)17(24)11-14/h9-12,27H,5-8H2,1-4H3,(H,25,28). The Morgan fingerprint density at radius 1 is 1.03 bits per heavy atom. The third-order valence-electron chi connectivity index (χ3n) is 4.92. The van der Waals surface area contributed by atoms with E-state index in [2.05, 4.69) is 5.32 Å². The molecule has 0 unspecified atom stereocenters. The molecule has 2 rings (SSSR count). The maximum atomic E-state index is 13.1. The molecule has 0 saturated carbocycles. The summed E-state index contributed by atoms with van der Waals surface area (Å²) < 4.78 is 32.7. The molecule has 11 heteroatoms. The summed E-state index contributed by atoms with van der Waals surface area (Å²) in [6.45, 7) is 7.44. The molecule has 2 aromatic rings. The van der Waals surface area contributed by atoms with E-state index in [0.717, 1.165) is 0 Å². The molecule has 0 saturated heterocycles. The van der Waals surface area contributed by atoms with E-state index in [4.69, 9.17) is 27.9 Å². The highest BCUT2D eigenvalue weighted by Crippen LogP contribution is 2.34. The molecule has 8 nitrogen and oxygen atoms in total. The Bertz CT molecular complexity index is 1140. The summed E-state index contributed by atoms with van der Waals surface area (Å²) in [4.78, 5) is 25.6. The van der Waals surface area contributed by atoms with Crippen molar-refractivity contribution < 1.29 is 27.9 Å². The van der Waals surface area contributed by atoms with E-state index in [9.17, 15) is 23.1 Å². The van der Waals surface area contributed by atoms with Crippen molar-refractivity contribution in [3.8, 4) is 5.75 Å². The number of sulfonamides is 1. The Labute approximate surface area is 203 Å². The second kappa shape index (κ2) is 11.2. The molecule has 0 heterocycles. The molecule has 2 N–H and O–H groups in total. The predicted molar refractivity (Wildman–Crippen MR) is 128 cm³/mol.